The molecule has 27 heavy (non-hydrogen) atoms. The fourth-order valence-corrected chi connectivity index (χ4v) is 5.26. The predicted molar refractivity (Wildman–Crippen MR) is 106 cm³/mol. The molecule has 4 rings (SSSR count). The molecular weight excluding hydrogens is 362 g/mol. The number of hydrogen-bond acceptors (Lipinski definition) is 5. The van der Waals surface area contributed by atoms with Gasteiger partial charge in [0.25, 0.3) is 5.69 Å². The summed E-state index contributed by atoms with van der Waals surface area (Å²) in [6.07, 6.45) is 2.42. The van der Waals surface area contributed by atoms with E-state index >= 15 is 0 Å². The van der Waals surface area contributed by atoms with Crippen LogP contribution >= 0.6 is 11.3 Å². The first-order chi connectivity index (χ1) is 13.1. The van der Waals surface area contributed by atoms with Crippen molar-refractivity contribution in [1.29, 1.82) is 0 Å². The highest BCUT2D eigenvalue weighted by Crippen LogP contribution is 2.36. The minimum absolute atomic E-state index is 0.00616. The van der Waals surface area contributed by atoms with E-state index in [1.54, 1.807) is 29.5 Å². The molecule has 1 aromatic heterocycles. The van der Waals surface area contributed by atoms with Gasteiger partial charge in [0.2, 0.25) is 5.91 Å². The van der Waals surface area contributed by atoms with Crippen molar-refractivity contribution in [3.8, 4) is 0 Å². The molecular formula is C20H23N3O3S. The summed E-state index contributed by atoms with van der Waals surface area (Å²) in [6, 6.07) is 9.13. The van der Waals surface area contributed by atoms with Crippen LogP contribution in [0.5, 0.6) is 0 Å². The lowest BCUT2D eigenvalue weighted by molar-refractivity contribution is -0.384. The number of nitrogens with zero attached hydrogens (tertiary/aromatic N) is 3. The molecule has 0 spiro atoms. The van der Waals surface area contributed by atoms with E-state index in [1.165, 1.54) is 10.4 Å². The van der Waals surface area contributed by atoms with E-state index < -0.39 is 0 Å². The van der Waals surface area contributed by atoms with Crippen molar-refractivity contribution in [3.63, 3.8) is 0 Å². The minimum atomic E-state index is -0.333. The van der Waals surface area contributed by atoms with Crippen molar-refractivity contribution in [2.24, 2.45) is 5.92 Å². The number of carbonyl (C=O) groups excluding carboxylic acids is 1. The molecule has 6 nitrogen and oxygen atoms in total. The zero-order valence-corrected chi connectivity index (χ0v) is 16.2. The van der Waals surface area contributed by atoms with Gasteiger partial charge < -0.3 is 9.80 Å². The second kappa shape index (κ2) is 7.31. The number of nitro groups is 1. The Labute approximate surface area is 162 Å². The molecule has 1 fully saturated rings. The van der Waals surface area contributed by atoms with Gasteiger partial charge in [0.05, 0.1) is 11.0 Å². The first kappa shape index (κ1) is 18.0. The van der Waals surface area contributed by atoms with Crippen molar-refractivity contribution in [3.05, 3.63) is 56.3 Å². The molecule has 7 heteroatoms. The number of hydrogen-bond donors (Lipinski definition) is 0. The third-order valence-corrected chi connectivity index (χ3v) is 6.82. The van der Waals surface area contributed by atoms with E-state index in [1.807, 2.05) is 15.9 Å². The van der Waals surface area contributed by atoms with Crippen molar-refractivity contribution in [2.75, 3.05) is 24.5 Å². The Morgan fingerprint density at radius 2 is 1.93 bits per heavy atom. The maximum Gasteiger partial charge on any atom is 0.292 e. The van der Waals surface area contributed by atoms with E-state index in [0.29, 0.717) is 18.8 Å². The average Bonchev–Trinajstić information content (AvgIpc) is 3.18. The highest BCUT2D eigenvalue weighted by molar-refractivity contribution is 7.10. The number of thiophene rings is 1. The molecule has 2 aliphatic heterocycles. The summed E-state index contributed by atoms with van der Waals surface area (Å²) in [6.45, 7) is 4.25. The van der Waals surface area contributed by atoms with Gasteiger partial charge in [-0.1, -0.05) is 12.1 Å². The van der Waals surface area contributed by atoms with Crippen LogP contribution in [0.25, 0.3) is 0 Å². The number of benzene rings is 1. The van der Waals surface area contributed by atoms with Gasteiger partial charge in [-0.2, -0.15) is 0 Å². The van der Waals surface area contributed by atoms with Crippen LogP contribution in [0.2, 0.25) is 0 Å². The monoisotopic (exact) mass is 385 g/mol. The summed E-state index contributed by atoms with van der Waals surface area (Å²) in [7, 11) is 0. The van der Waals surface area contributed by atoms with Crippen LogP contribution in [0.4, 0.5) is 11.4 Å². The SMILES string of the molecule is C[C@H]1c2ccsc2CCN1C(=O)C1CCN(c2ccccc2[N+](=O)[O-])CC1. The lowest BCUT2D eigenvalue weighted by Crippen LogP contribution is -2.45. The second-order valence-corrected chi connectivity index (χ2v) is 8.26. The molecule has 0 unspecified atom stereocenters. The number of anilines is 1. The molecule has 0 aliphatic carbocycles. The average molecular weight is 385 g/mol. The maximum absolute atomic E-state index is 13.1. The summed E-state index contributed by atoms with van der Waals surface area (Å²) in [4.78, 5) is 29.5. The summed E-state index contributed by atoms with van der Waals surface area (Å²) >= 11 is 1.78. The van der Waals surface area contributed by atoms with Gasteiger partial charge in [0, 0.05) is 36.5 Å². The van der Waals surface area contributed by atoms with Crippen LogP contribution in [0, 0.1) is 16.0 Å². The molecule has 1 aromatic carbocycles. The van der Waals surface area contributed by atoms with Gasteiger partial charge in [0.15, 0.2) is 0 Å². The van der Waals surface area contributed by atoms with E-state index in [0.717, 1.165) is 25.8 Å². The van der Waals surface area contributed by atoms with Crippen molar-refractivity contribution in [2.45, 2.75) is 32.2 Å². The predicted octanol–water partition coefficient (Wildman–Crippen LogP) is 4.02. The smallest absolute Gasteiger partial charge is 0.292 e. The van der Waals surface area contributed by atoms with Crippen LogP contribution in [0.15, 0.2) is 35.7 Å². The number of nitro benzene ring substituents is 1. The highest BCUT2D eigenvalue weighted by atomic mass is 32.1. The van der Waals surface area contributed by atoms with Gasteiger partial charge in [-0.3, -0.25) is 14.9 Å². The summed E-state index contributed by atoms with van der Waals surface area (Å²) in [5, 5.41) is 13.4. The van der Waals surface area contributed by atoms with E-state index in [2.05, 4.69) is 18.4 Å². The Hall–Kier alpha value is -2.41. The van der Waals surface area contributed by atoms with Crippen LogP contribution in [-0.4, -0.2) is 35.4 Å². The van der Waals surface area contributed by atoms with Crippen LogP contribution in [0.1, 0.15) is 36.2 Å². The first-order valence-corrected chi connectivity index (χ1v) is 10.3. The van der Waals surface area contributed by atoms with E-state index in [9.17, 15) is 14.9 Å². The Morgan fingerprint density at radius 1 is 1.19 bits per heavy atom. The van der Waals surface area contributed by atoms with E-state index in [-0.39, 0.29) is 28.5 Å². The normalized spacial score (nSPS) is 20.4. The van der Waals surface area contributed by atoms with Crippen molar-refractivity contribution in [1.82, 2.24) is 4.90 Å². The zero-order valence-electron chi connectivity index (χ0n) is 15.3. The van der Waals surface area contributed by atoms with Gasteiger partial charge in [-0.25, -0.2) is 0 Å². The Morgan fingerprint density at radius 3 is 2.67 bits per heavy atom. The second-order valence-electron chi connectivity index (χ2n) is 7.26. The number of para-hydroxylation sites is 2. The topological polar surface area (TPSA) is 66.7 Å². The Balaban J connectivity index is 1.43. The number of rotatable bonds is 3. The fraction of sp³-hybridized carbons (Fsp3) is 0.450. The minimum Gasteiger partial charge on any atom is -0.366 e. The molecule has 0 saturated carbocycles. The summed E-state index contributed by atoms with van der Waals surface area (Å²) in [5.41, 5.74) is 2.08. The summed E-state index contributed by atoms with van der Waals surface area (Å²) < 4.78 is 0. The third kappa shape index (κ3) is 3.32. The maximum atomic E-state index is 13.1. The molecule has 1 amide bonds. The van der Waals surface area contributed by atoms with Crippen LogP contribution in [0.3, 0.4) is 0 Å². The molecule has 1 atom stereocenters. The molecule has 142 valence electrons. The standard InChI is InChI=1S/C20H23N3O3S/c1-14-16-9-13-27-19(16)8-12-22(14)20(24)15-6-10-21(11-7-15)17-4-2-3-5-18(17)23(25)26/h2-5,9,13-15H,6-8,10-12H2,1H3/t14-/m0/s1. The Kier molecular flexibility index (Phi) is 4.86. The molecule has 2 aliphatic rings. The van der Waals surface area contributed by atoms with Gasteiger partial charge >= 0.3 is 0 Å². The fourth-order valence-electron chi connectivity index (χ4n) is 4.30. The molecule has 3 heterocycles. The number of amides is 1. The van der Waals surface area contributed by atoms with Gasteiger partial charge in [-0.05, 0) is 49.3 Å². The number of piperidine rings is 1. The van der Waals surface area contributed by atoms with Gasteiger partial charge in [0.1, 0.15) is 5.69 Å². The first-order valence-electron chi connectivity index (χ1n) is 9.41. The lowest BCUT2D eigenvalue weighted by atomic mass is 9.92. The number of fused-ring (bicyclic) bond motifs is 1. The van der Waals surface area contributed by atoms with Crippen molar-refractivity contribution >= 4 is 28.6 Å². The molecule has 2 aromatic rings. The molecule has 1 saturated heterocycles. The molecule has 0 radical (unpaired) electrons. The lowest BCUT2D eigenvalue weighted by Gasteiger charge is -2.39. The van der Waals surface area contributed by atoms with Crippen LogP contribution < -0.4 is 4.90 Å². The van der Waals surface area contributed by atoms with Crippen LogP contribution in [-0.2, 0) is 11.2 Å². The third-order valence-electron chi connectivity index (χ3n) is 5.82. The number of carbonyl (C=O) groups is 1. The zero-order chi connectivity index (χ0) is 19.0. The molecule has 0 N–H and O–H groups in total. The summed E-state index contributed by atoms with van der Waals surface area (Å²) in [5.74, 6) is 0.244. The van der Waals surface area contributed by atoms with Gasteiger partial charge in [-0.15, -0.1) is 11.3 Å². The van der Waals surface area contributed by atoms with E-state index in [4.69, 9.17) is 0 Å². The molecule has 0 bridgehead atoms. The van der Waals surface area contributed by atoms with Crippen molar-refractivity contribution < 1.29 is 9.72 Å². The Bertz CT molecular complexity index is 858. The largest absolute Gasteiger partial charge is 0.366 e. The highest BCUT2D eigenvalue weighted by Gasteiger charge is 2.35. The quantitative estimate of drug-likeness (QED) is 0.591.